The SMILES string of the molecule is C=CC(C)CC(C)(C)COCC(COC(=O)CC(C)(C)CC(C)(C)C)OC(=O)CC(C)(C)CC(C)(C)C. The van der Waals surface area contributed by atoms with Crippen LogP contribution in [0.25, 0.3) is 0 Å². The maximum atomic E-state index is 12.9. The molecule has 0 spiro atoms. The van der Waals surface area contributed by atoms with Crippen molar-refractivity contribution in [3.8, 4) is 0 Å². The molecule has 0 aliphatic carbocycles. The molecule has 5 nitrogen and oxygen atoms in total. The van der Waals surface area contributed by atoms with E-state index in [0.717, 1.165) is 19.3 Å². The van der Waals surface area contributed by atoms with Crippen LogP contribution in [0, 0.1) is 33.0 Å². The number of esters is 2. The molecule has 0 amide bonds. The Labute approximate surface area is 229 Å². The molecule has 0 saturated heterocycles. The molecule has 0 radical (unpaired) electrons. The van der Waals surface area contributed by atoms with Gasteiger partial charge in [0.2, 0.25) is 0 Å². The predicted octanol–water partition coefficient (Wildman–Crippen LogP) is 8.40. The first kappa shape index (κ1) is 35.6. The second kappa shape index (κ2) is 14.1. The number of ether oxygens (including phenoxy) is 3. The van der Waals surface area contributed by atoms with Crippen molar-refractivity contribution < 1.29 is 23.8 Å². The zero-order chi connectivity index (χ0) is 29.3. The van der Waals surface area contributed by atoms with Crippen molar-refractivity contribution in [2.45, 2.75) is 128 Å². The molecule has 0 aromatic heterocycles. The summed E-state index contributed by atoms with van der Waals surface area (Å²) in [5, 5.41) is 0. The van der Waals surface area contributed by atoms with E-state index in [1.807, 2.05) is 6.08 Å². The molecule has 5 heteroatoms. The van der Waals surface area contributed by atoms with Gasteiger partial charge in [0.1, 0.15) is 6.61 Å². The highest BCUT2D eigenvalue weighted by Gasteiger charge is 2.32. The van der Waals surface area contributed by atoms with E-state index in [1.165, 1.54) is 0 Å². The molecular formula is C32H60O5. The highest BCUT2D eigenvalue weighted by Crippen LogP contribution is 2.37. The number of carbonyl (C=O) groups excluding carboxylic acids is 2. The number of allylic oxidation sites excluding steroid dienone is 1. The van der Waals surface area contributed by atoms with Gasteiger partial charge in [-0.3, -0.25) is 9.59 Å². The summed E-state index contributed by atoms with van der Waals surface area (Å²) < 4.78 is 17.5. The molecule has 2 unspecified atom stereocenters. The lowest BCUT2D eigenvalue weighted by atomic mass is 9.74. The number of hydrogen-bond acceptors (Lipinski definition) is 5. The van der Waals surface area contributed by atoms with Crippen molar-refractivity contribution in [3.63, 3.8) is 0 Å². The molecule has 2 atom stereocenters. The van der Waals surface area contributed by atoms with Crippen LogP contribution in [-0.2, 0) is 23.8 Å². The fourth-order valence-corrected chi connectivity index (χ4v) is 5.84. The monoisotopic (exact) mass is 524 g/mol. The fraction of sp³-hybridized carbons (Fsp3) is 0.875. The number of carbonyl (C=O) groups is 2. The Morgan fingerprint density at radius 1 is 0.730 bits per heavy atom. The molecular weight excluding hydrogens is 464 g/mol. The Morgan fingerprint density at radius 2 is 1.19 bits per heavy atom. The Balaban J connectivity index is 5.22. The van der Waals surface area contributed by atoms with Gasteiger partial charge in [-0.1, -0.05) is 96.1 Å². The van der Waals surface area contributed by atoms with Crippen molar-refractivity contribution in [3.05, 3.63) is 12.7 Å². The summed E-state index contributed by atoms with van der Waals surface area (Å²) in [4.78, 5) is 25.6. The van der Waals surface area contributed by atoms with Crippen molar-refractivity contribution in [2.24, 2.45) is 33.0 Å². The fourth-order valence-electron chi connectivity index (χ4n) is 5.84. The lowest BCUT2D eigenvalue weighted by molar-refractivity contribution is -0.166. The number of rotatable bonds is 16. The van der Waals surface area contributed by atoms with E-state index in [-0.39, 0.29) is 52.2 Å². The van der Waals surface area contributed by atoms with E-state index < -0.39 is 6.10 Å². The van der Waals surface area contributed by atoms with Crippen LogP contribution in [0.5, 0.6) is 0 Å². The van der Waals surface area contributed by atoms with Crippen LogP contribution in [-0.4, -0.2) is 37.9 Å². The molecule has 0 N–H and O–H groups in total. The second-order valence-electron chi connectivity index (χ2n) is 16.0. The third-order valence-electron chi connectivity index (χ3n) is 6.07. The zero-order valence-electron chi connectivity index (χ0n) is 26.6. The molecule has 0 aromatic rings. The Kier molecular flexibility index (Phi) is 13.6. The van der Waals surface area contributed by atoms with Crippen LogP contribution in [0.3, 0.4) is 0 Å². The maximum absolute atomic E-state index is 12.9. The normalized spacial score (nSPS) is 15.2. The zero-order valence-corrected chi connectivity index (χ0v) is 26.6. The highest BCUT2D eigenvalue weighted by atomic mass is 16.6. The summed E-state index contributed by atoms with van der Waals surface area (Å²) in [6.45, 7) is 32.4. The van der Waals surface area contributed by atoms with Crippen molar-refractivity contribution in [2.75, 3.05) is 19.8 Å². The van der Waals surface area contributed by atoms with Crippen LogP contribution >= 0.6 is 0 Å². The standard InChI is InChI=1S/C32H60O5/c1-15-24(2)16-32(13,14)23-35-19-25(37-27(34)18-31(11,12)22-29(6,7)8)20-36-26(33)17-30(9,10)21-28(3,4)5/h15,24-25H,1,16-23H2,2-14H3. The van der Waals surface area contributed by atoms with Gasteiger partial charge >= 0.3 is 11.9 Å². The lowest BCUT2D eigenvalue weighted by Crippen LogP contribution is -2.34. The first-order valence-electron chi connectivity index (χ1n) is 14.0. The van der Waals surface area contributed by atoms with E-state index in [0.29, 0.717) is 25.4 Å². The van der Waals surface area contributed by atoms with Crippen molar-refractivity contribution >= 4 is 11.9 Å². The van der Waals surface area contributed by atoms with Gasteiger partial charge in [-0.15, -0.1) is 6.58 Å². The third kappa shape index (κ3) is 19.4. The Morgan fingerprint density at radius 3 is 1.62 bits per heavy atom. The first-order chi connectivity index (χ1) is 16.4. The van der Waals surface area contributed by atoms with Crippen molar-refractivity contribution in [1.82, 2.24) is 0 Å². The molecule has 0 aromatic carbocycles. The van der Waals surface area contributed by atoms with Crippen LogP contribution in [0.2, 0.25) is 0 Å². The van der Waals surface area contributed by atoms with Gasteiger partial charge in [-0.2, -0.15) is 0 Å². The van der Waals surface area contributed by atoms with Crippen LogP contribution < -0.4 is 0 Å². The second-order valence-corrected chi connectivity index (χ2v) is 16.0. The molecule has 218 valence electrons. The van der Waals surface area contributed by atoms with Gasteiger partial charge in [0.25, 0.3) is 0 Å². The van der Waals surface area contributed by atoms with E-state index in [1.54, 1.807) is 0 Å². The molecule has 0 bridgehead atoms. The van der Waals surface area contributed by atoms with Crippen LogP contribution in [0.15, 0.2) is 12.7 Å². The molecule has 0 aliphatic rings. The quantitative estimate of drug-likeness (QED) is 0.150. The lowest BCUT2D eigenvalue weighted by Gasteiger charge is -2.32. The Hall–Kier alpha value is -1.36. The topological polar surface area (TPSA) is 61.8 Å². The summed E-state index contributed by atoms with van der Waals surface area (Å²) in [5.74, 6) is -0.176. The average molecular weight is 525 g/mol. The molecule has 0 fully saturated rings. The average Bonchev–Trinajstić information content (AvgIpc) is 2.60. The molecule has 0 rings (SSSR count). The molecule has 0 heterocycles. The van der Waals surface area contributed by atoms with E-state index in [9.17, 15) is 9.59 Å². The predicted molar refractivity (Wildman–Crippen MR) is 154 cm³/mol. The minimum absolute atomic E-state index is 0.000635. The number of hydrogen-bond donors (Lipinski definition) is 0. The summed E-state index contributed by atoms with van der Waals surface area (Å²) in [6, 6.07) is 0. The maximum Gasteiger partial charge on any atom is 0.306 e. The van der Waals surface area contributed by atoms with Crippen molar-refractivity contribution in [1.29, 1.82) is 0 Å². The highest BCUT2D eigenvalue weighted by molar-refractivity contribution is 5.71. The van der Waals surface area contributed by atoms with E-state index >= 15 is 0 Å². The summed E-state index contributed by atoms with van der Waals surface area (Å²) in [7, 11) is 0. The Bertz CT molecular complexity index is 718. The third-order valence-corrected chi connectivity index (χ3v) is 6.07. The van der Waals surface area contributed by atoms with Gasteiger partial charge in [0.15, 0.2) is 6.10 Å². The summed E-state index contributed by atoms with van der Waals surface area (Å²) >= 11 is 0. The van der Waals surface area contributed by atoms with Gasteiger partial charge in [-0.05, 0) is 52.3 Å². The minimum Gasteiger partial charge on any atom is -0.462 e. The largest absolute Gasteiger partial charge is 0.462 e. The van der Waals surface area contributed by atoms with Crippen LogP contribution in [0.1, 0.15) is 122 Å². The first-order valence-corrected chi connectivity index (χ1v) is 14.0. The minimum atomic E-state index is -0.639. The summed E-state index contributed by atoms with van der Waals surface area (Å²) in [6.07, 6.45) is 4.67. The van der Waals surface area contributed by atoms with Crippen LogP contribution in [0.4, 0.5) is 0 Å². The van der Waals surface area contributed by atoms with Gasteiger partial charge < -0.3 is 14.2 Å². The van der Waals surface area contributed by atoms with E-state index in [4.69, 9.17) is 14.2 Å². The van der Waals surface area contributed by atoms with Gasteiger partial charge in [0.05, 0.1) is 26.1 Å². The molecule has 0 saturated carbocycles. The van der Waals surface area contributed by atoms with Gasteiger partial charge in [-0.25, -0.2) is 0 Å². The smallest absolute Gasteiger partial charge is 0.306 e. The van der Waals surface area contributed by atoms with Gasteiger partial charge in [0, 0.05) is 0 Å². The van der Waals surface area contributed by atoms with E-state index in [2.05, 4.69) is 96.6 Å². The molecule has 37 heavy (non-hydrogen) atoms. The summed E-state index contributed by atoms with van der Waals surface area (Å²) in [5.41, 5.74) is -0.204. The molecule has 0 aliphatic heterocycles.